The smallest absolute Gasteiger partial charge is 0.220 e. The molecule has 0 saturated carbocycles. The van der Waals surface area contributed by atoms with Gasteiger partial charge in [0, 0.05) is 30.6 Å². The van der Waals surface area contributed by atoms with Gasteiger partial charge in [-0.1, -0.05) is 0 Å². The molecule has 0 unspecified atom stereocenters. The molecule has 0 radical (unpaired) electrons. The highest BCUT2D eigenvalue weighted by atomic mass is 19.2. The molecule has 1 saturated heterocycles. The van der Waals surface area contributed by atoms with Gasteiger partial charge in [-0.05, 0) is 18.9 Å². The van der Waals surface area contributed by atoms with Crippen LogP contribution in [0.4, 0.5) is 18.9 Å². The second kappa shape index (κ2) is 6.35. The zero-order valence-corrected chi connectivity index (χ0v) is 12.5. The van der Waals surface area contributed by atoms with E-state index < -0.39 is 17.5 Å². The van der Waals surface area contributed by atoms with Gasteiger partial charge in [-0.2, -0.15) is 5.26 Å². The maximum absolute atomic E-state index is 13.9. The van der Waals surface area contributed by atoms with Crippen molar-refractivity contribution >= 4 is 22.5 Å². The minimum absolute atomic E-state index is 0.0208. The van der Waals surface area contributed by atoms with Gasteiger partial charge >= 0.3 is 0 Å². The molecule has 1 atom stereocenters. The summed E-state index contributed by atoms with van der Waals surface area (Å²) in [5.74, 6) is -4.42. The Morgan fingerprint density at radius 1 is 1.38 bits per heavy atom. The van der Waals surface area contributed by atoms with Crippen molar-refractivity contribution in [3.8, 4) is 6.07 Å². The highest BCUT2D eigenvalue weighted by Crippen LogP contribution is 2.30. The Labute approximate surface area is 135 Å². The van der Waals surface area contributed by atoms with Gasteiger partial charge in [-0.25, -0.2) is 13.2 Å². The molecule has 124 valence electrons. The lowest BCUT2D eigenvalue weighted by molar-refractivity contribution is -0.123. The van der Waals surface area contributed by atoms with Crippen molar-refractivity contribution in [2.24, 2.45) is 0 Å². The van der Waals surface area contributed by atoms with Gasteiger partial charge in [0.15, 0.2) is 17.5 Å². The van der Waals surface area contributed by atoms with E-state index in [-0.39, 0.29) is 40.6 Å². The van der Waals surface area contributed by atoms with Crippen molar-refractivity contribution in [3.05, 3.63) is 35.3 Å². The van der Waals surface area contributed by atoms with Crippen LogP contribution in [0.1, 0.15) is 24.8 Å². The van der Waals surface area contributed by atoms with Gasteiger partial charge < -0.3 is 10.6 Å². The number of carbonyl (C=O) groups excluding carboxylic acids is 1. The normalized spacial score (nSPS) is 17.4. The second-order valence-electron chi connectivity index (χ2n) is 5.58. The van der Waals surface area contributed by atoms with Crippen molar-refractivity contribution < 1.29 is 18.0 Å². The fourth-order valence-corrected chi connectivity index (χ4v) is 2.78. The lowest BCUT2D eigenvalue weighted by Crippen LogP contribution is -2.42. The lowest BCUT2D eigenvalue weighted by Gasteiger charge is -2.24. The number of aromatic nitrogens is 1. The number of rotatable bonds is 3. The standard InChI is InChI=1S/C16H13F3N4O/c17-11-4-10-15(22-7-9-2-1-3-12(24)23-9)8(5-20)6-21-16(10)14(19)13(11)18/h4,6,9H,1-3,7H2,(H,21,22)(H,23,24)/t9-/m1/s1. The van der Waals surface area contributed by atoms with E-state index in [1.54, 1.807) is 0 Å². The minimum Gasteiger partial charge on any atom is -0.381 e. The van der Waals surface area contributed by atoms with Crippen molar-refractivity contribution in [3.63, 3.8) is 0 Å². The number of hydrogen-bond acceptors (Lipinski definition) is 4. The number of nitrogens with zero attached hydrogens (tertiary/aromatic N) is 2. The minimum atomic E-state index is -1.61. The van der Waals surface area contributed by atoms with Crippen LogP contribution in [-0.2, 0) is 4.79 Å². The maximum atomic E-state index is 13.9. The van der Waals surface area contributed by atoms with Crippen LogP contribution in [0.3, 0.4) is 0 Å². The molecule has 1 aromatic carbocycles. The molecule has 1 fully saturated rings. The third-order valence-electron chi connectivity index (χ3n) is 3.97. The first-order valence-corrected chi connectivity index (χ1v) is 7.40. The van der Waals surface area contributed by atoms with Crippen LogP contribution in [0.5, 0.6) is 0 Å². The molecule has 8 heteroatoms. The first kappa shape index (κ1) is 16.1. The van der Waals surface area contributed by atoms with Crippen LogP contribution >= 0.6 is 0 Å². The van der Waals surface area contributed by atoms with Gasteiger partial charge in [0.05, 0.1) is 11.3 Å². The lowest BCUT2D eigenvalue weighted by atomic mass is 10.0. The van der Waals surface area contributed by atoms with E-state index in [1.165, 1.54) is 0 Å². The average Bonchev–Trinajstić information content (AvgIpc) is 2.57. The Bertz CT molecular complexity index is 863. The molecule has 2 N–H and O–H groups in total. The summed E-state index contributed by atoms with van der Waals surface area (Å²) in [5, 5.41) is 14.9. The summed E-state index contributed by atoms with van der Waals surface area (Å²) in [7, 11) is 0. The third-order valence-corrected chi connectivity index (χ3v) is 3.97. The zero-order valence-electron chi connectivity index (χ0n) is 12.5. The number of amides is 1. The number of carbonyl (C=O) groups is 1. The summed E-state index contributed by atoms with van der Waals surface area (Å²) in [6.07, 6.45) is 3.06. The van der Waals surface area contributed by atoms with E-state index in [1.807, 2.05) is 6.07 Å². The first-order valence-electron chi connectivity index (χ1n) is 7.40. The van der Waals surface area contributed by atoms with Crippen LogP contribution < -0.4 is 10.6 Å². The van der Waals surface area contributed by atoms with Gasteiger partial charge in [-0.15, -0.1) is 0 Å². The quantitative estimate of drug-likeness (QED) is 0.846. The highest BCUT2D eigenvalue weighted by molar-refractivity contribution is 5.94. The van der Waals surface area contributed by atoms with E-state index in [0.29, 0.717) is 6.42 Å². The van der Waals surface area contributed by atoms with E-state index in [9.17, 15) is 23.2 Å². The van der Waals surface area contributed by atoms with E-state index >= 15 is 0 Å². The summed E-state index contributed by atoms with van der Waals surface area (Å²) in [5.41, 5.74) is -0.113. The summed E-state index contributed by atoms with van der Waals surface area (Å²) in [6.45, 7) is 0.278. The molecule has 0 spiro atoms. The number of fused-ring (bicyclic) bond motifs is 1. The van der Waals surface area contributed by atoms with Gasteiger partial charge in [0.1, 0.15) is 11.6 Å². The molecule has 2 aromatic rings. The van der Waals surface area contributed by atoms with Crippen molar-refractivity contribution in [2.45, 2.75) is 25.3 Å². The topological polar surface area (TPSA) is 77.8 Å². The van der Waals surface area contributed by atoms with E-state index in [0.717, 1.165) is 25.1 Å². The number of hydrogen-bond donors (Lipinski definition) is 2. The van der Waals surface area contributed by atoms with Gasteiger partial charge in [0.25, 0.3) is 0 Å². The highest BCUT2D eigenvalue weighted by Gasteiger charge is 2.21. The van der Waals surface area contributed by atoms with Crippen molar-refractivity contribution in [2.75, 3.05) is 11.9 Å². The molecule has 1 amide bonds. The maximum Gasteiger partial charge on any atom is 0.220 e. The molecule has 0 aliphatic carbocycles. The van der Waals surface area contributed by atoms with E-state index in [2.05, 4.69) is 15.6 Å². The zero-order chi connectivity index (χ0) is 17.3. The Morgan fingerprint density at radius 3 is 2.88 bits per heavy atom. The van der Waals surface area contributed by atoms with Crippen LogP contribution in [0, 0.1) is 28.8 Å². The largest absolute Gasteiger partial charge is 0.381 e. The van der Waals surface area contributed by atoms with Crippen molar-refractivity contribution in [1.29, 1.82) is 5.26 Å². The van der Waals surface area contributed by atoms with E-state index in [4.69, 9.17) is 0 Å². The SMILES string of the molecule is N#Cc1cnc2c(F)c(F)c(F)cc2c1NC[C@H]1CCCC(=O)N1. The molecule has 0 bridgehead atoms. The second-order valence-corrected chi connectivity index (χ2v) is 5.58. The molecular weight excluding hydrogens is 321 g/mol. The molecule has 24 heavy (non-hydrogen) atoms. The Kier molecular flexibility index (Phi) is 4.25. The van der Waals surface area contributed by atoms with Crippen LogP contribution in [0.25, 0.3) is 10.9 Å². The van der Waals surface area contributed by atoms with Crippen LogP contribution in [-0.4, -0.2) is 23.5 Å². The Morgan fingerprint density at radius 2 is 2.17 bits per heavy atom. The summed E-state index contributed by atoms with van der Waals surface area (Å²) >= 11 is 0. The fourth-order valence-electron chi connectivity index (χ4n) is 2.78. The summed E-state index contributed by atoms with van der Waals surface area (Å²) in [4.78, 5) is 15.1. The van der Waals surface area contributed by atoms with Crippen LogP contribution in [0.2, 0.25) is 0 Å². The molecule has 1 aromatic heterocycles. The molecule has 1 aliphatic heterocycles. The average molecular weight is 334 g/mol. The first-order chi connectivity index (χ1) is 11.5. The number of nitrogens with one attached hydrogen (secondary N) is 2. The monoisotopic (exact) mass is 334 g/mol. The number of benzene rings is 1. The Balaban J connectivity index is 1.99. The number of anilines is 1. The predicted molar refractivity (Wildman–Crippen MR) is 80.6 cm³/mol. The van der Waals surface area contributed by atoms with Gasteiger partial charge in [-0.3, -0.25) is 9.78 Å². The molecular formula is C16H13F3N4O. The molecule has 1 aliphatic rings. The predicted octanol–water partition coefficient (Wildman–Crippen LogP) is 2.60. The van der Waals surface area contributed by atoms with Crippen LogP contribution in [0.15, 0.2) is 12.3 Å². The number of nitriles is 1. The fraction of sp³-hybridized carbons (Fsp3) is 0.312. The summed E-state index contributed by atoms with van der Waals surface area (Å²) in [6, 6.07) is 2.54. The third kappa shape index (κ3) is 2.85. The number of pyridine rings is 1. The number of piperidine rings is 1. The molecule has 3 rings (SSSR count). The molecule has 5 nitrogen and oxygen atoms in total. The molecule has 2 heterocycles. The Hall–Kier alpha value is -2.82. The number of halogens is 3. The van der Waals surface area contributed by atoms with Crippen molar-refractivity contribution in [1.82, 2.24) is 10.3 Å². The summed E-state index contributed by atoms with van der Waals surface area (Å²) < 4.78 is 40.8. The van der Waals surface area contributed by atoms with Gasteiger partial charge in [0.2, 0.25) is 5.91 Å².